The number of fused-ring (bicyclic) bond motifs is 5. The molecular weight excluding hydrogens is 284 g/mol. The number of carbonyl (C=O) groups excluding carboxylic acids is 2. The van der Waals surface area contributed by atoms with Crippen LogP contribution < -0.4 is 10.6 Å². The normalized spacial score (nSPS) is 37.1. The van der Waals surface area contributed by atoms with Crippen molar-refractivity contribution in [3.63, 3.8) is 0 Å². The average Bonchev–Trinajstić information content (AvgIpc) is 2.42. The Kier molecular flexibility index (Phi) is 3.59. The van der Waals surface area contributed by atoms with Crippen molar-refractivity contribution >= 4 is 11.8 Å². The molecule has 0 unspecified atom stereocenters. The third kappa shape index (κ3) is 2.14. The van der Waals surface area contributed by atoms with Crippen LogP contribution >= 0.6 is 0 Å². The van der Waals surface area contributed by atoms with Crippen molar-refractivity contribution in [2.75, 3.05) is 13.2 Å². The Morgan fingerprint density at radius 1 is 1.43 bits per heavy atom. The lowest BCUT2D eigenvalue weighted by Gasteiger charge is -2.49. The van der Waals surface area contributed by atoms with Crippen molar-refractivity contribution in [3.8, 4) is 0 Å². The second kappa shape index (κ2) is 4.75. The summed E-state index contributed by atoms with van der Waals surface area (Å²) in [5, 5.41) is 43.6. The first-order valence-electron chi connectivity index (χ1n) is 6.31. The molecule has 0 radical (unpaired) electrons. The first-order chi connectivity index (χ1) is 9.60. The lowest BCUT2D eigenvalue weighted by atomic mass is 9.85. The highest BCUT2D eigenvalue weighted by molar-refractivity contribution is 6.02. The van der Waals surface area contributed by atoms with Gasteiger partial charge < -0.3 is 35.8 Å². The van der Waals surface area contributed by atoms with Crippen molar-refractivity contribution in [2.24, 2.45) is 0 Å². The van der Waals surface area contributed by atoms with E-state index < -0.39 is 41.6 Å². The van der Waals surface area contributed by atoms with Crippen LogP contribution in [0.25, 0.3) is 0 Å². The summed E-state index contributed by atoms with van der Waals surface area (Å²) in [6.45, 7) is 3.59. The standard InChI is InChI=1S/C12H18N2O7/c1-6-3-4-21-12(7(16)10(2,19)5-15)9(18)13-11(6,20)8(17)14-12/h7,15-16,19-20H,1,3-5H2,2H3,(H,13,18)(H,14,17)/t7-,10-,11+,12-/m1/s1. The highest BCUT2D eigenvalue weighted by Crippen LogP contribution is 2.32. The Bertz CT molecular complexity index is 506. The lowest BCUT2D eigenvalue weighted by Crippen LogP contribution is -2.82. The summed E-state index contributed by atoms with van der Waals surface area (Å²) in [7, 11) is 0. The molecule has 3 aliphatic heterocycles. The molecule has 4 atom stereocenters. The molecule has 3 saturated heterocycles. The van der Waals surface area contributed by atoms with E-state index in [4.69, 9.17) is 9.84 Å². The number of hydrogen-bond acceptors (Lipinski definition) is 7. The third-order valence-corrected chi connectivity index (χ3v) is 3.80. The second-order valence-electron chi connectivity index (χ2n) is 5.47. The van der Waals surface area contributed by atoms with Gasteiger partial charge in [-0.3, -0.25) is 9.59 Å². The summed E-state index contributed by atoms with van der Waals surface area (Å²) in [5.74, 6) is -2.09. The molecule has 0 aromatic heterocycles. The zero-order valence-electron chi connectivity index (χ0n) is 11.4. The Hall–Kier alpha value is -1.52. The molecule has 3 fully saturated rings. The number of aliphatic hydroxyl groups excluding tert-OH is 2. The van der Waals surface area contributed by atoms with E-state index in [1.807, 2.05) is 5.32 Å². The maximum absolute atomic E-state index is 12.2. The van der Waals surface area contributed by atoms with Crippen molar-refractivity contribution in [1.82, 2.24) is 10.6 Å². The molecule has 118 valence electrons. The van der Waals surface area contributed by atoms with Crippen LogP contribution in [0.1, 0.15) is 13.3 Å². The van der Waals surface area contributed by atoms with Crippen LogP contribution in [-0.4, -0.2) is 68.6 Å². The molecule has 0 spiro atoms. The van der Waals surface area contributed by atoms with Gasteiger partial charge in [0.2, 0.25) is 5.72 Å². The SMILES string of the molecule is C=C1CCO[C@@]2([C@H](O)[C@](C)(O)CO)NC(=O)[C@]1(O)NC2=O. The van der Waals surface area contributed by atoms with Crippen LogP contribution in [0.15, 0.2) is 12.2 Å². The Morgan fingerprint density at radius 3 is 2.62 bits per heavy atom. The first kappa shape index (κ1) is 15.9. The molecule has 3 aliphatic rings. The number of nitrogens with one attached hydrogen (secondary N) is 2. The fourth-order valence-electron chi connectivity index (χ4n) is 2.29. The molecule has 3 rings (SSSR count). The summed E-state index contributed by atoms with van der Waals surface area (Å²) < 4.78 is 5.27. The van der Waals surface area contributed by atoms with E-state index in [9.17, 15) is 24.9 Å². The van der Waals surface area contributed by atoms with Crippen LogP contribution in [0.5, 0.6) is 0 Å². The van der Waals surface area contributed by atoms with E-state index in [0.29, 0.717) is 0 Å². The smallest absolute Gasteiger partial charge is 0.280 e. The van der Waals surface area contributed by atoms with Crippen LogP contribution in [0.2, 0.25) is 0 Å². The highest BCUT2D eigenvalue weighted by atomic mass is 16.5. The van der Waals surface area contributed by atoms with Gasteiger partial charge in [0, 0.05) is 0 Å². The number of amides is 2. The van der Waals surface area contributed by atoms with Crippen molar-refractivity contribution < 1.29 is 34.8 Å². The maximum atomic E-state index is 12.2. The fraction of sp³-hybridized carbons (Fsp3) is 0.667. The zero-order chi connectivity index (χ0) is 16.1. The highest BCUT2D eigenvalue weighted by Gasteiger charge is 2.63. The minimum atomic E-state index is -2.31. The summed E-state index contributed by atoms with van der Waals surface area (Å²) >= 11 is 0. The molecule has 0 aromatic rings. The predicted octanol–water partition coefficient (Wildman–Crippen LogP) is -3.30. The molecule has 2 amide bonds. The van der Waals surface area contributed by atoms with Crippen LogP contribution in [0.4, 0.5) is 0 Å². The van der Waals surface area contributed by atoms with Crippen molar-refractivity contribution in [3.05, 3.63) is 12.2 Å². The van der Waals surface area contributed by atoms with Gasteiger partial charge in [0.25, 0.3) is 17.5 Å². The van der Waals surface area contributed by atoms with Gasteiger partial charge in [-0.15, -0.1) is 0 Å². The summed E-state index contributed by atoms with van der Waals surface area (Å²) in [6, 6.07) is 0. The number of piperazine rings is 1. The van der Waals surface area contributed by atoms with Crippen LogP contribution in [-0.2, 0) is 14.3 Å². The first-order valence-corrected chi connectivity index (χ1v) is 6.31. The van der Waals surface area contributed by atoms with Gasteiger partial charge in [0.15, 0.2) is 0 Å². The summed E-state index contributed by atoms with van der Waals surface area (Å²) in [5.41, 5.74) is -6.69. The Morgan fingerprint density at radius 2 is 2.05 bits per heavy atom. The number of carbonyl (C=O) groups is 2. The molecule has 21 heavy (non-hydrogen) atoms. The van der Waals surface area contributed by atoms with Gasteiger partial charge in [-0.25, -0.2) is 0 Å². The maximum Gasteiger partial charge on any atom is 0.280 e. The molecule has 6 N–H and O–H groups in total. The monoisotopic (exact) mass is 302 g/mol. The average molecular weight is 302 g/mol. The molecule has 2 bridgehead atoms. The number of rotatable bonds is 3. The summed E-state index contributed by atoms with van der Waals surface area (Å²) in [4.78, 5) is 24.3. The second-order valence-corrected chi connectivity index (χ2v) is 5.47. The van der Waals surface area contributed by atoms with E-state index in [1.54, 1.807) is 0 Å². The van der Waals surface area contributed by atoms with E-state index in [0.717, 1.165) is 6.92 Å². The minimum Gasteiger partial charge on any atom is -0.393 e. The molecular formula is C12H18N2O7. The molecule has 3 heterocycles. The van der Waals surface area contributed by atoms with Gasteiger partial charge in [-0.2, -0.15) is 0 Å². The molecule has 9 nitrogen and oxygen atoms in total. The number of ether oxygens (including phenoxy) is 1. The number of aliphatic hydroxyl groups is 4. The minimum absolute atomic E-state index is 0.0325. The molecule has 0 aliphatic carbocycles. The Labute approximate surface area is 120 Å². The van der Waals surface area contributed by atoms with Crippen molar-refractivity contribution in [1.29, 1.82) is 0 Å². The van der Waals surface area contributed by atoms with E-state index in [-0.39, 0.29) is 18.6 Å². The third-order valence-electron chi connectivity index (χ3n) is 3.80. The van der Waals surface area contributed by atoms with E-state index in [2.05, 4.69) is 11.9 Å². The largest absolute Gasteiger partial charge is 0.393 e. The van der Waals surface area contributed by atoms with Crippen LogP contribution in [0.3, 0.4) is 0 Å². The van der Waals surface area contributed by atoms with Gasteiger partial charge in [0.05, 0.1) is 13.2 Å². The molecule has 0 aromatic carbocycles. The van der Waals surface area contributed by atoms with Gasteiger partial charge in [0.1, 0.15) is 11.7 Å². The predicted molar refractivity (Wildman–Crippen MR) is 67.4 cm³/mol. The number of hydrogen-bond donors (Lipinski definition) is 6. The van der Waals surface area contributed by atoms with E-state index in [1.165, 1.54) is 0 Å². The van der Waals surface area contributed by atoms with Gasteiger partial charge in [-0.1, -0.05) is 6.58 Å². The topological polar surface area (TPSA) is 148 Å². The fourth-order valence-corrected chi connectivity index (χ4v) is 2.29. The molecule has 9 heteroatoms. The van der Waals surface area contributed by atoms with Gasteiger partial charge in [-0.05, 0) is 18.9 Å². The summed E-state index contributed by atoms with van der Waals surface area (Å²) in [6.07, 6.45) is -1.91. The Balaban J connectivity index is 2.47. The van der Waals surface area contributed by atoms with Crippen LogP contribution in [0, 0.1) is 0 Å². The van der Waals surface area contributed by atoms with Crippen molar-refractivity contribution in [2.45, 2.75) is 36.5 Å². The quantitative estimate of drug-likeness (QED) is 0.299. The lowest BCUT2D eigenvalue weighted by molar-refractivity contribution is -0.230. The molecule has 0 saturated carbocycles. The van der Waals surface area contributed by atoms with Gasteiger partial charge >= 0.3 is 0 Å². The zero-order valence-corrected chi connectivity index (χ0v) is 11.4. The van der Waals surface area contributed by atoms with E-state index >= 15 is 0 Å².